The van der Waals surface area contributed by atoms with Crippen LogP contribution in [0.5, 0.6) is 0 Å². The van der Waals surface area contributed by atoms with Crippen molar-refractivity contribution in [1.29, 1.82) is 0 Å². The standard InChI is InChI=1S/C20H20N4O2S/c1-15-5-4-8-18(13-15)27(25,26)23-19-9-10-20(22-21-19)24-12-11-16-6-2-3-7-17(16)14-24/h2-10,13H,11-12,14H2,1H3,(H,21,23). The molecule has 0 bridgehead atoms. The van der Waals surface area contributed by atoms with Crippen molar-refractivity contribution in [2.24, 2.45) is 0 Å². The number of nitrogens with one attached hydrogen (secondary N) is 1. The summed E-state index contributed by atoms with van der Waals surface area (Å²) in [5, 5.41) is 8.28. The number of rotatable bonds is 4. The lowest BCUT2D eigenvalue weighted by atomic mass is 10.00. The van der Waals surface area contributed by atoms with Crippen LogP contribution < -0.4 is 9.62 Å². The van der Waals surface area contributed by atoms with Crippen LogP contribution in [0, 0.1) is 6.92 Å². The maximum atomic E-state index is 12.5. The Hall–Kier alpha value is -2.93. The summed E-state index contributed by atoms with van der Waals surface area (Å²) >= 11 is 0. The molecule has 1 aromatic heterocycles. The number of sulfonamides is 1. The average molecular weight is 380 g/mol. The van der Waals surface area contributed by atoms with Gasteiger partial charge in [0.15, 0.2) is 11.6 Å². The fourth-order valence-corrected chi connectivity index (χ4v) is 4.32. The molecule has 6 nitrogen and oxygen atoms in total. The van der Waals surface area contributed by atoms with E-state index in [-0.39, 0.29) is 10.7 Å². The summed E-state index contributed by atoms with van der Waals surface area (Å²) in [7, 11) is -3.68. The van der Waals surface area contributed by atoms with Crippen molar-refractivity contribution < 1.29 is 8.42 Å². The van der Waals surface area contributed by atoms with E-state index in [0.29, 0.717) is 0 Å². The Kier molecular flexibility index (Phi) is 4.53. The summed E-state index contributed by atoms with van der Waals surface area (Å²) in [6, 6.07) is 18.6. The predicted molar refractivity (Wildman–Crippen MR) is 105 cm³/mol. The minimum atomic E-state index is -3.68. The third kappa shape index (κ3) is 3.78. The van der Waals surface area contributed by atoms with Crippen LogP contribution in [0.25, 0.3) is 0 Å². The molecule has 0 atom stereocenters. The van der Waals surface area contributed by atoms with Gasteiger partial charge in [0.1, 0.15) is 0 Å². The van der Waals surface area contributed by atoms with Crippen molar-refractivity contribution in [2.45, 2.75) is 24.8 Å². The van der Waals surface area contributed by atoms with Gasteiger partial charge in [-0.3, -0.25) is 4.72 Å². The van der Waals surface area contributed by atoms with Gasteiger partial charge in [-0.15, -0.1) is 10.2 Å². The highest BCUT2D eigenvalue weighted by Gasteiger charge is 2.19. The lowest BCUT2D eigenvalue weighted by Crippen LogP contribution is -2.31. The quantitative estimate of drug-likeness (QED) is 0.753. The molecule has 3 aromatic rings. The molecule has 0 radical (unpaired) electrons. The first-order chi connectivity index (χ1) is 13.0. The molecule has 0 aliphatic carbocycles. The molecule has 1 aliphatic heterocycles. The number of hydrogen-bond acceptors (Lipinski definition) is 5. The van der Waals surface area contributed by atoms with Crippen molar-refractivity contribution >= 4 is 21.7 Å². The highest BCUT2D eigenvalue weighted by Crippen LogP contribution is 2.23. The molecule has 1 aliphatic rings. The van der Waals surface area contributed by atoms with E-state index in [0.717, 1.165) is 30.9 Å². The van der Waals surface area contributed by atoms with Gasteiger partial charge < -0.3 is 4.90 Å². The van der Waals surface area contributed by atoms with Gasteiger partial charge in [0, 0.05) is 13.1 Å². The third-order valence-electron chi connectivity index (χ3n) is 4.64. The molecule has 27 heavy (non-hydrogen) atoms. The lowest BCUT2D eigenvalue weighted by molar-refractivity contribution is 0.601. The van der Waals surface area contributed by atoms with Crippen LogP contribution in [-0.2, 0) is 23.0 Å². The normalized spacial score (nSPS) is 13.9. The predicted octanol–water partition coefficient (Wildman–Crippen LogP) is 3.15. The van der Waals surface area contributed by atoms with E-state index in [2.05, 4.69) is 38.0 Å². The van der Waals surface area contributed by atoms with E-state index in [4.69, 9.17) is 0 Å². The Bertz CT molecular complexity index is 1070. The van der Waals surface area contributed by atoms with Crippen LogP contribution in [0.3, 0.4) is 0 Å². The number of aryl methyl sites for hydroxylation is 1. The second-order valence-corrected chi connectivity index (χ2v) is 8.32. The monoisotopic (exact) mass is 380 g/mol. The largest absolute Gasteiger partial charge is 0.350 e. The van der Waals surface area contributed by atoms with Gasteiger partial charge >= 0.3 is 0 Å². The van der Waals surface area contributed by atoms with E-state index in [1.54, 1.807) is 30.3 Å². The molecule has 0 saturated heterocycles. The van der Waals surface area contributed by atoms with Crippen molar-refractivity contribution in [3.63, 3.8) is 0 Å². The van der Waals surface area contributed by atoms with E-state index >= 15 is 0 Å². The van der Waals surface area contributed by atoms with Crippen molar-refractivity contribution in [2.75, 3.05) is 16.2 Å². The molecular weight excluding hydrogens is 360 g/mol. The smallest absolute Gasteiger partial charge is 0.263 e. The summed E-state index contributed by atoms with van der Waals surface area (Å²) in [6.45, 7) is 3.49. The maximum absolute atomic E-state index is 12.5. The van der Waals surface area contributed by atoms with E-state index in [1.807, 2.05) is 19.1 Å². The number of fused-ring (bicyclic) bond motifs is 1. The third-order valence-corrected chi connectivity index (χ3v) is 6.00. The zero-order chi connectivity index (χ0) is 18.9. The molecule has 0 unspecified atom stereocenters. The highest BCUT2D eigenvalue weighted by molar-refractivity contribution is 7.92. The van der Waals surface area contributed by atoms with Crippen LogP contribution >= 0.6 is 0 Å². The van der Waals surface area contributed by atoms with Crippen LogP contribution in [0.15, 0.2) is 65.6 Å². The van der Waals surface area contributed by atoms with E-state index in [9.17, 15) is 8.42 Å². The summed E-state index contributed by atoms with van der Waals surface area (Å²) in [6.07, 6.45) is 0.958. The molecule has 138 valence electrons. The summed E-state index contributed by atoms with van der Waals surface area (Å²) < 4.78 is 27.5. The summed E-state index contributed by atoms with van der Waals surface area (Å²) in [5.41, 5.74) is 3.53. The topological polar surface area (TPSA) is 75.2 Å². The first kappa shape index (κ1) is 17.5. The van der Waals surface area contributed by atoms with Crippen LogP contribution in [-0.4, -0.2) is 25.2 Å². The zero-order valence-corrected chi connectivity index (χ0v) is 15.8. The lowest BCUT2D eigenvalue weighted by Gasteiger charge is -2.29. The molecule has 1 N–H and O–H groups in total. The fourth-order valence-electron chi connectivity index (χ4n) is 3.22. The molecular formula is C20H20N4O2S. The van der Waals surface area contributed by atoms with Crippen LogP contribution in [0.1, 0.15) is 16.7 Å². The first-order valence-electron chi connectivity index (χ1n) is 8.76. The Morgan fingerprint density at radius 3 is 2.52 bits per heavy atom. The molecule has 0 spiro atoms. The van der Waals surface area contributed by atoms with Crippen LogP contribution in [0.2, 0.25) is 0 Å². The second-order valence-electron chi connectivity index (χ2n) is 6.64. The van der Waals surface area contributed by atoms with Gasteiger partial charge in [-0.2, -0.15) is 0 Å². The average Bonchev–Trinajstić information content (AvgIpc) is 2.68. The minimum Gasteiger partial charge on any atom is -0.350 e. The summed E-state index contributed by atoms with van der Waals surface area (Å²) in [5.74, 6) is 0.945. The van der Waals surface area contributed by atoms with Gasteiger partial charge in [0.05, 0.1) is 4.90 Å². The van der Waals surface area contributed by atoms with Gasteiger partial charge in [-0.1, -0.05) is 36.4 Å². The number of benzene rings is 2. The molecule has 2 aromatic carbocycles. The van der Waals surface area contributed by atoms with Crippen molar-refractivity contribution in [1.82, 2.24) is 10.2 Å². The minimum absolute atomic E-state index is 0.206. The van der Waals surface area contributed by atoms with E-state index in [1.165, 1.54) is 11.1 Å². The zero-order valence-electron chi connectivity index (χ0n) is 15.0. The van der Waals surface area contributed by atoms with Crippen molar-refractivity contribution in [3.05, 3.63) is 77.4 Å². The molecule has 0 amide bonds. The number of nitrogens with zero attached hydrogens (tertiary/aromatic N) is 3. The van der Waals surface area contributed by atoms with Crippen LogP contribution in [0.4, 0.5) is 11.6 Å². The second kappa shape index (κ2) is 7.00. The fraction of sp³-hybridized carbons (Fsp3) is 0.200. The van der Waals surface area contributed by atoms with Crippen molar-refractivity contribution in [3.8, 4) is 0 Å². The highest BCUT2D eigenvalue weighted by atomic mass is 32.2. The Morgan fingerprint density at radius 1 is 0.963 bits per heavy atom. The first-order valence-corrected chi connectivity index (χ1v) is 10.2. The van der Waals surface area contributed by atoms with Gasteiger partial charge in [0.25, 0.3) is 10.0 Å². The number of aromatic nitrogens is 2. The van der Waals surface area contributed by atoms with Gasteiger partial charge in [-0.05, 0) is 54.3 Å². The SMILES string of the molecule is Cc1cccc(S(=O)(=O)Nc2ccc(N3CCc4ccccc4C3)nn2)c1. The molecule has 4 rings (SSSR count). The Balaban J connectivity index is 1.50. The molecule has 7 heteroatoms. The Labute approximate surface area is 158 Å². The van der Waals surface area contributed by atoms with Gasteiger partial charge in [0.2, 0.25) is 0 Å². The molecule has 0 saturated carbocycles. The summed E-state index contributed by atoms with van der Waals surface area (Å²) in [4.78, 5) is 2.36. The van der Waals surface area contributed by atoms with E-state index < -0.39 is 10.0 Å². The molecule has 0 fully saturated rings. The Morgan fingerprint density at radius 2 is 1.78 bits per heavy atom. The maximum Gasteiger partial charge on any atom is 0.263 e. The molecule has 2 heterocycles. The number of hydrogen-bond donors (Lipinski definition) is 1. The van der Waals surface area contributed by atoms with Gasteiger partial charge in [-0.25, -0.2) is 8.42 Å². The number of anilines is 2.